The van der Waals surface area contributed by atoms with Gasteiger partial charge < -0.3 is 10.6 Å². The summed E-state index contributed by atoms with van der Waals surface area (Å²) in [5.41, 5.74) is 5.83. The monoisotopic (exact) mass is 292 g/mol. The highest BCUT2D eigenvalue weighted by atomic mass is 19.1. The lowest BCUT2D eigenvalue weighted by Crippen LogP contribution is -2.32. The number of benzene rings is 1. The van der Waals surface area contributed by atoms with E-state index in [-0.39, 0.29) is 23.3 Å². The minimum atomic E-state index is -0.444. The first-order chi connectivity index (χ1) is 9.99. The fourth-order valence-corrected chi connectivity index (χ4v) is 2.84. The van der Waals surface area contributed by atoms with E-state index >= 15 is 0 Å². The average molecular weight is 292 g/mol. The smallest absolute Gasteiger partial charge is 0.256 e. The van der Waals surface area contributed by atoms with Crippen molar-refractivity contribution in [3.63, 3.8) is 0 Å². The molecule has 0 aliphatic carbocycles. The Labute approximate surface area is 124 Å². The second-order valence-corrected chi connectivity index (χ2v) is 5.70. The van der Waals surface area contributed by atoms with Crippen LogP contribution < -0.4 is 5.73 Å². The maximum absolute atomic E-state index is 14.0. The normalized spacial score (nSPS) is 19.1. The highest BCUT2D eigenvalue weighted by Gasteiger charge is 2.24. The van der Waals surface area contributed by atoms with Gasteiger partial charge in [0.2, 0.25) is 5.91 Å². The number of nitrogens with zero attached hydrogens (tertiary/aromatic N) is 1. The van der Waals surface area contributed by atoms with Crippen LogP contribution in [-0.2, 0) is 4.79 Å². The Morgan fingerprint density at radius 3 is 2.81 bits per heavy atom. The van der Waals surface area contributed by atoms with Crippen LogP contribution in [-0.4, -0.2) is 29.8 Å². The van der Waals surface area contributed by atoms with E-state index in [1.165, 1.54) is 6.07 Å². The molecular formula is C16H21FN2O2. The zero-order valence-electron chi connectivity index (χ0n) is 12.3. The van der Waals surface area contributed by atoms with Crippen molar-refractivity contribution < 1.29 is 14.0 Å². The van der Waals surface area contributed by atoms with Gasteiger partial charge in [0.25, 0.3) is 5.91 Å². The summed E-state index contributed by atoms with van der Waals surface area (Å²) in [6.45, 7) is 2.79. The topological polar surface area (TPSA) is 63.4 Å². The average Bonchev–Trinajstić information content (AvgIpc) is 2.66. The Balaban J connectivity index is 2.06. The number of likely N-dealkylation sites (tertiary alicyclic amines) is 1. The third-order valence-corrected chi connectivity index (χ3v) is 4.05. The quantitative estimate of drug-likeness (QED) is 0.928. The molecule has 0 bridgehead atoms. The summed E-state index contributed by atoms with van der Waals surface area (Å²) in [6, 6.07) is 4.87. The van der Waals surface area contributed by atoms with Gasteiger partial charge in [0.1, 0.15) is 5.82 Å². The van der Waals surface area contributed by atoms with Crippen LogP contribution in [0.2, 0.25) is 0 Å². The van der Waals surface area contributed by atoms with Crippen LogP contribution in [0.3, 0.4) is 0 Å². The standard InChI is InChI=1S/C16H21FN2O2/c1-11-4-2-6-13(15(11)17)16(21)19-8-3-5-12(7-9-19)10-14(18)20/h2,4,6,12H,3,5,7-10H2,1H3,(H2,18,20). The van der Waals surface area contributed by atoms with Gasteiger partial charge in [-0.3, -0.25) is 9.59 Å². The molecule has 1 atom stereocenters. The molecule has 1 heterocycles. The fourth-order valence-electron chi connectivity index (χ4n) is 2.84. The van der Waals surface area contributed by atoms with Crippen LogP contribution in [0.5, 0.6) is 0 Å². The molecular weight excluding hydrogens is 271 g/mol. The summed E-state index contributed by atoms with van der Waals surface area (Å²) in [5, 5.41) is 0. The van der Waals surface area contributed by atoms with E-state index in [4.69, 9.17) is 5.73 Å². The molecule has 0 spiro atoms. The first-order valence-electron chi connectivity index (χ1n) is 7.31. The Kier molecular flexibility index (Phi) is 4.94. The molecule has 0 radical (unpaired) electrons. The van der Waals surface area contributed by atoms with E-state index in [1.54, 1.807) is 24.0 Å². The highest BCUT2D eigenvalue weighted by Crippen LogP contribution is 2.22. The second-order valence-electron chi connectivity index (χ2n) is 5.70. The van der Waals surface area contributed by atoms with Crippen LogP contribution >= 0.6 is 0 Å². The third kappa shape index (κ3) is 3.80. The number of amides is 2. The van der Waals surface area contributed by atoms with Gasteiger partial charge in [-0.2, -0.15) is 0 Å². The summed E-state index contributed by atoms with van der Waals surface area (Å²) in [6.07, 6.45) is 2.79. The van der Waals surface area contributed by atoms with E-state index in [1.807, 2.05) is 0 Å². The van der Waals surface area contributed by atoms with Crippen molar-refractivity contribution in [3.8, 4) is 0 Å². The summed E-state index contributed by atoms with van der Waals surface area (Å²) in [4.78, 5) is 25.1. The highest BCUT2D eigenvalue weighted by molar-refractivity contribution is 5.94. The number of hydrogen-bond donors (Lipinski definition) is 1. The molecule has 1 unspecified atom stereocenters. The van der Waals surface area contributed by atoms with Crippen LogP contribution in [0, 0.1) is 18.7 Å². The summed E-state index contributed by atoms with van der Waals surface area (Å²) in [7, 11) is 0. The van der Waals surface area contributed by atoms with Crippen molar-refractivity contribution in [2.45, 2.75) is 32.6 Å². The molecule has 1 aliphatic rings. The van der Waals surface area contributed by atoms with Crippen molar-refractivity contribution in [1.29, 1.82) is 0 Å². The minimum Gasteiger partial charge on any atom is -0.370 e. The molecule has 2 rings (SSSR count). The van der Waals surface area contributed by atoms with Crippen molar-refractivity contribution in [2.75, 3.05) is 13.1 Å². The van der Waals surface area contributed by atoms with Crippen LogP contribution in [0.1, 0.15) is 41.6 Å². The van der Waals surface area contributed by atoms with E-state index in [0.29, 0.717) is 25.1 Å². The Morgan fingerprint density at radius 2 is 2.10 bits per heavy atom. The van der Waals surface area contributed by atoms with Crippen LogP contribution in [0.4, 0.5) is 4.39 Å². The molecule has 1 aromatic rings. The van der Waals surface area contributed by atoms with Gasteiger partial charge in [-0.1, -0.05) is 12.1 Å². The van der Waals surface area contributed by atoms with Gasteiger partial charge in [0, 0.05) is 19.5 Å². The molecule has 1 aromatic carbocycles. The molecule has 5 heteroatoms. The molecule has 2 N–H and O–H groups in total. The number of halogens is 1. The molecule has 2 amide bonds. The first-order valence-corrected chi connectivity index (χ1v) is 7.31. The molecule has 114 valence electrons. The number of rotatable bonds is 3. The third-order valence-electron chi connectivity index (χ3n) is 4.05. The molecule has 1 saturated heterocycles. The van der Waals surface area contributed by atoms with Crippen molar-refractivity contribution in [1.82, 2.24) is 4.90 Å². The van der Waals surface area contributed by atoms with Crippen LogP contribution in [0.15, 0.2) is 18.2 Å². The zero-order chi connectivity index (χ0) is 15.4. The number of primary amides is 1. The predicted molar refractivity (Wildman–Crippen MR) is 78.2 cm³/mol. The van der Waals surface area contributed by atoms with Gasteiger partial charge in [-0.05, 0) is 43.7 Å². The number of carbonyl (C=O) groups excluding carboxylic acids is 2. The van der Waals surface area contributed by atoms with E-state index < -0.39 is 5.82 Å². The van der Waals surface area contributed by atoms with E-state index in [9.17, 15) is 14.0 Å². The summed E-state index contributed by atoms with van der Waals surface area (Å²) < 4.78 is 14.0. The summed E-state index contributed by atoms with van der Waals surface area (Å²) >= 11 is 0. The fraction of sp³-hybridized carbons (Fsp3) is 0.500. The lowest BCUT2D eigenvalue weighted by Gasteiger charge is -2.21. The van der Waals surface area contributed by atoms with Crippen molar-refractivity contribution in [3.05, 3.63) is 35.1 Å². The number of aryl methyl sites for hydroxylation is 1. The maximum Gasteiger partial charge on any atom is 0.256 e. The number of carbonyl (C=O) groups is 2. The van der Waals surface area contributed by atoms with Crippen molar-refractivity contribution in [2.24, 2.45) is 11.7 Å². The minimum absolute atomic E-state index is 0.128. The van der Waals surface area contributed by atoms with Crippen molar-refractivity contribution >= 4 is 11.8 Å². The molecule has 0 saturated carbocycles. The molecule has 1 fully saturated rings. The predicted octanol–water partition coefficient (Wildman–Crippen LogP) is 2.25. The van der Waals surface area contributed by atoms with Gasteiger partial charge >= 0.3 is 0 Å². The molecule has 0 aromatic heterocycles. The maximum atomic E-state index is 14.0. The van der Waals surface area contributed by atoms with Gasteiger partial charge in [0.05, 0.1) is 5.56 Å². The second kappa shape index (κ2) is 6.70. The SMILES string of the molecule is Cc1cccc(C(=O)N2CCCC(CC(N)=O)CC2)c1F. The number of nitrogens with two attached hydrogens (primary N) is 1. The molecule has 21 heavy (non-hydrogen) atoms. The largest absolute Gasteiger partial charge is 0.370 e. The number of hydrogen-bond acceptors (Lipinski definition) is 2. The Morgan fingerprint density at radius 1 is 1.33 bits per heavy atom. The van der Waals surface area contributed by atoms with Gasteiger partial charge in [-0.15, -0.1) is 0 Å². The Bertz CT molecular complexity index is 545. The first kappa shape index (κ1) is 15.5. The lowest BCUT2D eigenvalue weighted by atomic mass is 9.97. The van der Waals surface area contributed by atoms with Gasteiger partial charge in [0.15, 0.2) is 0 Å². The van der Waals surface area contributed by atoms with E-state index in [2.05, 4.69) is 0 Å². The van der Waals surface area contributed by atoms with E-state index in [0.717, 1.165) is 19.3 Å². The Hall–Kier alpha value is -1.91. The zero-order valence-corrected chi connectivity index (χ0v) is 12.3. The summed E-state index contributed by atoms with van der Waals surface area (Å²) in [5.74, 6) is -0.788. The van der Waals surface area contributed by atoms with Gasteiger partial charge in [-0.25, -0.2) is 4.39 Å². The molecule has 1 aliphatic heterocycles. The molecule has 4 nitrogen and oxygen atoms in total. The van der Waals surface area contributed by atoms with Crippen LogP contribution in [0.25, 0.3) is 0 Å². The lowest BCUT2D eigenvalue weighted by molar-refractivity contribution is -0.119.